The zero-order chi connectivity index (χ0) is 13.5. The van der Waals surface area contributed by atoms with Gasteiger partial charge in [0.2, 0.25) is 0 Å². The lowest BCUT2D eigenvalue weighted by Crippen LogP contribution is -2.42. The van der Waals surface area contributed by atoms with E-state index in [0.717, 1.165) is 7.11 Å². The zero-order valence-corrected chi connectivity index (χ0v) is 9.84. The second-order valence-corrected chi connectivity index (χ2v) is 3.47. The van der Waals surface area contributed by atoms with Gasteiger partial charge in [-0.05, 0) is 6.42 Å². The molecule has 0 radical (unpaired) electrons. The molecule has 0 aliphatic rings. The summed E-state index contributed by atoms with van der Waals surface area (Å²) in [6, 6.07) is 0. The van der Waals surface area contributed by atoms with Crippen LogP contribution in [0.15, 0.2) is 0 Å². The molecule has 4 nitrogen and oxygen atoms in total. The van der Waals surface area contributed by atoms with Gasteiger partial charge in [-0.25, -0.2) is 0 Å². The van der Waals surface area contributed by atoms with E-state index in [4.69, 9.17) is 0 Å². The third-order valence-corrected chi connectivity index (χ3v) is 2.12. The van der Waals surface area contributed by atoms with E-state index in [2.05, 4.69) is 4.74 Å². The summed E-state index contributed by atoms with van der Waals surface area (Å²) in [6.45, 7) is 1.52. The van der Waals surface area contributed by atoms with Crippen molar-refractivity contribution in [3.05, 3.63) is 0 Å². The van der Waals surface area contributed by atoms with Crippen molar-refractivity contribution in [2.24, 2.45) is 0 Å². The molecule has 0 saturated heterocycles. The van der Waals surface area contributed by atoms with Gasteiger partial charge in [-0.1, -0.05) is 13.3 Å². The van der Waals surface area contributed by atoms with E-state index in [-0.39, 0.29) is 19.5 Å². The molecule has 0 bridgehead atoms. The lowest BCUT2D eigenvalue weighted by molar-refractivity contribution is -0.185. The van der Waals surface area contributed by atoms with E-state index < -0.39 is 18.1 Å². The minimum Gasteiger partial charge on any atom is -0.469 e. The number of halogens is 3. The van der Waals surface area contributed by atoms with Crippen molar-refractivity contribution >= 4 is 11.9 Å². The lowest BCUT2D eigenvalue weighted by atomic mass is 10.3. The Morgan fingerprint density at radius 1 is 1.24 bits per heavy atom. The fraction of sp³-hybridized carbons (Fsp3) is 0.800. The fourth-order valence-electron chi connectivity index (χ4n) is 1.17. The van der Waals surface area contributed by atoms with Gasteiger partial charge in [0.25, 0.3) is 0 Å². The zero-order valence-electron chi connectivity index (χ0n) is 9.84. The summed E-state index contributed by atoms with van der Waals surface area (Å²) in [6.07, 6.45) is -4.01. The minimum absolute atomic E-state index is 0.00810. The minimum atomic E-state index is -4.90. The molecule has 0 N–H and O–H groups in total. The molecule has 0 aromatic carbocycles. The maximum absolute atomic E-state index is 12.2. The van der Waals surface area contributed by atoms with Crippen LogP contribution in [0.1, 0.15) is 26.2 Å². The fourth-order valence-corrected chi connectivity index (χ4v) is 1.17. The van der Waals surface area contributed by atoms with Gasteiger partial charge in [-0.2, -0.15) is 13.2 Å². The van der Waals surface area contributed by atoms with Crippen LogP contribution < -0.4 is 0 Å². The average molecular weight is 255 g/mol. The average Bonchev–Trinajstić information content (AvgIpc) is 2.26. The molecular formula is C10H16F3NO3. The molecule has 100 valence electrons. The molecule has 0 aliphatic carbocycles. The first-order valence-electron chi connectivity index (χ1n) is 5.25. The first-order valence-corrected chi connectivity index (χ1v) is 5.25. The first kappa shape index (κ1) is 15.7. The third kappa shape index (κ3) is 6.13. The highest BCUT2D eigenvalue weighted by atomic mass is 19.4. The largest absolute Gasteiger partial charge is 0.471 e. The molecule has 0 heterocycles. The highest BCUT2D eigenvalue weighted by Gasteiger charge is 2.42. The Morgan fingerprint density at radius 2 is 1.82 bits per heavy atom. The van der Waals surface area contributed by atoms with Crippen molar-refractivity contribution < 1.29 is 27.5 Å². The summed E-state index contributed by atoms with van der Waals surface area (Å²) < 4.78 is 41.0. The quantitative estimate of drug-likeness (QED) is 0.679. The summed E-state index contributed by atoms with van der Waals surface area (Å²) in [5.74, 6) is -2.55. The van der Waals surface area contributed by atoms with Crippen LogP contribution in [-0.4, -0.2) is 43.2 Å². The first-order chi connectivity index (χ1) is 7.82. The molecule has 0 fully saturated rings. The van der Waals surface area contributed by atoms with Crippen molar-refractivity contribution in [3.8, 4) is 0 Å². The number of methoxy groups -OCH3 is 1. The van der Waals surface area contributed by atoms with Crippen LogP contribution in [-0.2, 0) is 14.3 Å². The van der Waals surface area contributed by atoms with E-state index in [1.54, 1.807) is 6.92 Å². The number of carbonyl (C=O) groups is 2. The number of hydrogen-bond donors (Lipinski definition) is 0. The highest BCUT2D eigenvalue weighted by Crippen LogP contribution is 2.19. The van der Waals surface area contributed by atoms with Gasteiger partial charge in [0, 0.05) is 13.1 Å². The SMILES string of the molecule is CCCCN(CCC(=O)OC)C(=O)C(F)(F)F. The number of ether oxygens (including phenoxy) is 1. The van der Waals surface area contributed by atoms with Gasteiger partial charge >= 0.3 is 18.1 Å². The number of carbonyl (C=O) groups excluding carboxylic acids is 2. The smallest absolute Gasteiger partial charge is 0.469 e. The highest BCUT2D eigenvalue weighted by molar-refractivity contribution is 5.82. The Labute approximate surface area is 97.7 Å². The van der Waals surface area contributed by atoms with Crippen LogP contribution in [0.4, 0.5) is 13.2 Å². The van der Waals surface area contributed by atoms with E-state index in [1.165, 1.54) is 0 Å². The van der Waals surface area contributed by atoms with Gasteiger partial charge < -0.3 is 9.64 Å². The number of nitrogens with zero attached hydrogens (tertiary/aromatic N) is 1. The van der Waals surface area contributed by atoms with Crippen LogP contribution >= 0.6 is 0 Å². The Bertz CT molecular complexity index is 266. The Hall–Kier alpha value is -1.27. The lowest BCUT2D eigenvalue weighted by Gasteiger charge is -2.23. The molecule has 17 heavy (non-hydrogen) atoms. The van der Waals surface area contributed by atoms with Crippen molar-refractivity contribution in [1.29, 1.82) is 0 Å². The van der Waals surface area contributed by atoms with Gasteiger partial charge in [0.1, 0.15) is 0 Å². The molecule has 0 unspecified atom stereocenters. The van der Waals surface area contributed by atoms with Gasteiger partial charge in [-0.15, -0.1) is 0 Å². The van der Waals surface area contributed by atoms with E-state index in [9.17, 15) is 22.8 Å². The second-order valence-electron chi connectivity index (χ2n) is 3.47. The summed E-state index contributed by atoms with van der Waals surface area (Å²) >= 11 is 0. The topological polar surface area (TPSA) is 46.6 Å². The summed E-state index contributed by atoms with van der Waals surface area (Å²) in [5.41, 5.74) is 0. The molecule has 0 atom stereocenters. The molecule has 0 aromatic heterocycles. The standard InChI is InChI=1S/C10H16F3NO3/c1-3-4-6-14(7-5-8(15)17-2)9(16)10(11,12)13/h3-7H2,1-2H3. The number of esters is 1. The van der Waals surface area contributed by atoms with Crippen LogP contribution in [0.3, 0.4) is 0 Å². The summed E-state index contributed by atoms with van der Waals surface area (Å²) in [7, 11) is 1.14. The second kappa shape index (κ2) is 7.13. The van der Waals surface area contributed by atoms with Gasteiger partial charge in [-0.3, -0.25) is 9.59 Å². The number of hydrogen-bond acceptors (Lipinski definition) is 3. The third-order valence-electron chi connectivity index (χ3n) is 2.12. The van der Waals surface area contributed by atoms with Crippen molar-refractivity contribution in [3.63, 3.8) is 0 Å². The molecule has 0 aromatic rings. The Morgan fingerprint density at radius 3 is 2.24 bits per heavy atom. The molecular weight excluding hydrogens is 239 g/mol. The van der Waals surface area contributed by atoms with E-state index >= 15 is 0 Å². The number of unbranched alkanes of at least 4 members (excludes halogenated alkanes) is 1. The van der Waals surface area contributed by atoms with E-state index in [0.29, 0.717) is 17.7 Å². The normalized spacial score (nSPS) is 11.1. The summed E-state index contributed by atoms with van der Waals surface area (Å²) in [5, 5.41) is 0. The van der Waals surface area contributed by atoms with Crippen LogP contribution in [0.25, 0.3) is 0 Å². The number of alkyl halides is 3. The maximum Gasteiger partial charge on any atom is 0.471 e. The molecule has 0 spiro atoms. The molecule has 0 aliphatic heterocycles. The van der Waals surface area contributed by atoms with Gasteiger partial charge in [0.15, 0.2) is 0 Å². The van der Waals surface area contributed by atoms with Crippen LogP contribution in [0.2, 0.25) is 0 Å². The molecule has 1 amide bonds. The number of amides is 1. The molecule has 0 rings (SSSR count). The molecule has 0 saturated carbocycles. The predicted molar refractivity (Wildman–Crippen MR) is 54.2 cm³/mol. The maximum atomic E-state index is 12.2. The van der Waals surface area contributed by atoms with E-state index in [1.807, 2.05) is 0 Å². The monoisotopic (exact) mass is 255 g/mol. The van der Waals surface area contributed by atoms with Gasteiger partial charge in [0.05, 0.1) is 13.5 Å². The van der Waals surface area contributed by atoms with Crippen LogP contribution in [0, 0.1) is 0 Å². The number of rotatable bonds is 6. The Kier molecular flexibility index (Phi) is 6.60. The van der Waals surface area contributed by atoms with Crippen molar-refractivity contribution in [2.75, 3.05) is 20.2 Å². The van der Waals surface area contributed by atoms with Crippen molar-refractivity contribution in [2.45, 2.75) is 32.4 Å². The van der Waals surface area contributed by atoms with Crippen LogP contribution in [0.5, 0.6) is 0 Å². The summed E-state index contributed by atoms with van der Waals surface area (Å²) in [4.78, 5) is 22.5. The predicted octanol–water partition coefficient (Wildman–Crippen LogP) is 1.74. The Balaban J connectivity index is 4.42. The van der Waals surface area contributed by atoms with Crippen molar-refractivity contribution in [1.82, 2.24) is 4.90 Å². The molecule has 7 heteroatoms.